The van der Waals surface area contributed by atoms with E-state index in [4.69, 9.17) is 0 Å². The van der Waals surface area contributed by atoms with E-state index in [1.165, 1.54) is 30.4 Å². The van der Waals surface area contributed by atoms with Crippen LogP contribution in [0.15, 0.2) is 48.5 Å². The van der Waals surface area contributed by atoms with Gasteiger partial charge >= 0.3 is 0 Å². The number of fused-ring (bicyclic) bond motifs is 1. The first kappa shape index (κ1) is 15.8. The van der Waals surface area contributed by atoms with Gasteiger partial charge in [-0.2, -0.15) is 0 Å². The maximum atomic E-state index is 12.4. The van der Waals surface area contributed by atoms with Gasteiger partial charge in [-0.3, -0.25) is 19.7 Å². The highest BCUT2D eigenvalue weighted by Crippen LogP contribution is 2.29. The molecule has 1 aromatic heterocycles. The van der Waals surface area contributed by atoms with E-state index in [2.05, 4.69) is 5.32 Å². The number of anilines is 1. The van der Waals surface area contributed by atoms with Crippen molar-refractivity contribution in [3.8, 4) is 0 Å². The maximum Gasteiger partial charge on any atom is 0.270 e. The Hall–Kier alpha value is -3.06. The number of hydrogen-bond acceptors (Lipinski definition) is 5. The molecule has 0 saturated carbocycles. The van der Waals surface area contributed by atoms with Crippen molar-refractivity contribution in [2.24, 2.45) is 0 Å². The first-order chi connectivity index (χ1) is 11.5. The Labute approximate surface area is 140 Å². The van der Waals surface area contributed by atoms with Crippen LogP contribution in [0.3, 0.4) is 0 Å². The van der Waals surface area contributed by atoms with Crippen molar-refractivity contribution in [3.05, 3.63) is 69.1 Å². The molecule has 120 valence electrons. The van der Waals surface area contributed by atoms with Gasteiger partial charge in [-0.25, -0.2) is 0 Å². The van der Waals surface area contributed by atoms with Crippen LogP contribution in [0.25, 0.3) is 10.1 Å². The summed E-state index contributed by atoms with van der Waals surface area (Å²) in [7, 11) is 0. The van der Waals surface area contributed by atoms with Crippen molar-refractivity contribution in [3.63, 3.8) is 0 Å². The summed E-state index contributed by atoms with van der Waals surface area (Å²) in [5.41, 5.74) is 0.857. The third-order valence-electron chi connectivity index (χ3n) is 3.49. The Kier molecular flexibility index (Phi) is 4.09. The van der Waals surface area contributed by atoms with Crippen LogP contribution in [0.2, 0.25) is 0 Å². The van der Waals surface area contributed by atoms with Crippen LogP contribution >= 0.6 is 11.3 Å². The van der Waals surface area contributed by atoms with E-state index in [0.717, 1.165) is 4.70 Å². The van der Waals surface area contributed by atoms with Crippen LogP contribution in [0.5, 0.6) is 0 Å². The van der Waals surface area contributed by atoms with Crippen molar-refractivity contribution >= 4 is 44.5 Å². The Morgan fingerprint density at radius 1 is 1.12 bits per heavy atom. The topological polar surface area (TPSA) is 89.3 Å². The summed E-state index contributed by atoms with van der Waals surface area (Å²) in [5, 5.41) is 14.2. The van der Waals surface area contributed by atoms with Crippen molar-refractivity contribution < 1.29 is 14.5 Å². The standard InChI is InChI=1S/C17H12N2O4S/c1-10(20)13-4-2-3-5-14(13)18-17(21)16-9-11-8-12(19(22)23)6-7-15(11)24-16/h2-9H,1H3,(H,18,21). The van der Waals surface area contributed by atoms with Gasteiger partial charge in [-0.1, -0.05) is 12.1 Å². The number of benzene rings is 2. The Bertz CT molecular complexity index is 978. The summed E-state index contributed by atoms with van der Waals surface area (Å²) in [5.74, 6) is -0.495. The summed E-state index contributed by atoms with van der Waals surface area (Å²) in [6, 6.07) is 12.8. The van der Waals surface area contributed by atoms with E-state index in [9.17, 15) is 19.7 Å². The molecule has 0 atom stereocenters. The minimum atomic E-state index is -0.472. The van der Waals surface area contributed by atoms with E-state index in [0.29, 0.717) is 21.5 Å². The fourth-order valence-corrected chi connectivity index (χ4v) is 3.28. The Balaban J connectivity index is 1.92. The number of amides is 1. The number of nitrogens with zero attached hydrogens (tertiary/aromatic N) is 1. The molecule has 1 amide bonds. The van der Waals surface area contributed by atoms with Crippen molar-refractivity contribution in [2.45, 2.75) is 6.92 Å². The third-order valence-corrected chi connectivity index (χ3v) is 4.60. The molecule has 3 rings (SSSR count). The molecule has 0 aliphatic carbocycles. The molecular weight excluding hydrogens is 328 g/mol. The molecule has 7 heteroatoms. The number of non-ortho nitro benzene ring substituents is 1. The lowest BCUT2D eigenvalue weighted by molar-refractivity contribution is -0.384. The number of carbonyl (C=O) groups excluding carboxylic acids is 2. The molecule has 0 aliphatic rings. The molecule has 0 bridgehead atoms. The SMILES string of the molecule is CC(=O)c1ccccc1NC(=O)c1cc2cc([N+](=O)[O-])ccc2s1. The van der Waals surface area contributed by atoms with E-state index in [1.807, 2.05) is 0 Å². The minimum absolute atomic E-state index is 0.0193. The second kappa shape index (κ2) is 6.21. The number of nitro benzene ring substituents is 1. The normalized spacial score (nSPS) is 10.5. The molecule has 1 N–H and O–H groups in total. The molecule has 0 unspecified atom stereocenters. The minimum Gasteiger partial charge on any atom is -0.321 e. The number of nitrogens with one attached hydrogen (secondary N) is 1. The van der Waals surface area contributed by atoms with Gasteiger partial charge in [0, 0.05) is 27.8 Å². The molecule has 0 spiro atoms. The predicted octanol–water partition coefficient (Wildman–Crippen LogP) is 4.26. The molecule has 0 fully saturated rings. The number of ketones is 1. The lowest BCUT2D eigenvalue weighted by Crippen LogP contribution is -2.12. The fourth-order valence-electron chi connectivity index (χ4n) is 2.34. The van der Waals surface area contributed by atoms with Crippen molar-refractivity contribution in [1.82, 2.24) is 0 Å². The third kappa shape index (κ3) is 3.02. The Morgan fingerprint density at radius 2 is 1.88 bits per heavy atom. The van der Waals surface area contributed by atoms with Crippen LogP contribution in [-0.2, 0) is 0 Å². The smallest absolute Gasteiger partial charge is 0.270 e. The van der Waals surface area contributed by atoms with Crippen LogP contribution in [0.1, 0.15) is 27.0 Å². The number of nitro groups is 1. The number of para-hydroxylation sites is 1. The highest BCUT2D eigenvalue weighted by molar-refractivity contribution is 7.20. The molecule has 1 heterocycles. The van der Waals surface area contributed by atoms with E-state index < -0.39 is 4.92 Å². The maximum absolute atomic E-state index is 12.4. The zero-order valence-electron chi connectivity index (χ0n) is 12.6. The number of hydrogen-bond donors (Lipinski definition) is 1. The molecular formula is C17H12N2O4S. The molecule has 6 nitrogen and oxygen atoms in total. The second-order valence-corrected chi connectivity index (χ2v) is 6.23. The molecule has 0 aliphatic heterocycles. The summed E-state index contributed by atoms with van der Waals surface area (Å²) < 4.78 is 0.783. The van der Waals surface area contributed by atoms with Gasteiger partial charge in [-0.05, 0) is 31.2 Å². The highest BCUT2D eigenvalue weighted by atomic mass is 32.1. The molecule has 24 heavy (non-hydrogen) atoms. The fraction of sp³-hybridized carbons (Fsp3) is 0.0588. The number of thiophene rings is 1. The summed E-state index contributed by atoms with van der Waals surface area (Å²) in [6.07, 6.45) is 0. The molecule has 0 radical (unpaired) electrons. The van der Waals surface area contributed by atoms with E-state index >= 15 is 0 Å². The zero-order chi connectivity index (χ0) is 17.3. The Morgan fingerprint density at radius 3 is 2.58 bits per heavy atom. The van der Waals surface area contributed by atoms with Gasteiger partial charge in [0.05, 0.1) is 15.5 Å². The van der Waals surface area contributed by atoms with Gasteiger partial charge in [0.15, 0.2) is 5.78 Å². The van der Waals surface area contributed by atoms with Crippen molar-refractivity contribution in [2.75, 3.05) is 5.32 Å². The number of carbonyl (C=O) groups is 2. The van der Waals surface area contributed by atoms with E-state index in [-0.39, 0.29) is 17.4 Å². The van der Waals surface area contributed by atoms with Gasteiger partial charge in [0.1, 0.15) is 0 Å². The average molecular weight is 340 g/mol. The molecule has 0 saturated heterocycles. The first-order valence-corrected chi connectivity index (χ1v) is 7.86. The van der Waals surface area contributed by atoms with Gasteiger partial charge < -0.3 is 5.32 Å². The average Bonchev–Trinajstić information content (AvgIpc) is 2.98. The number of rotatable bonds is 4. The van der Waals surface area contributed by atoms with Gasteiger partial charge in [0.25, 0.3) is 11.6 Å². The van der Waals surface area contributed by atoms with Crippen molar-refractivity contribution in [1.29, 1.82) is 0 Å². The summed E-state index contributed by atoms with van der Waals surface area (Å²) >= 11 is 1.24. The summed E-state index contributed by atoms with van der Waals surface area (Å²) in [4.78, 5) is 34.8. The first-order valence-electron chi connectivity index (χ1n) is 7.05. The summed E-state index contributed by atoms with van der Waals surface area (Å²) in [6.45, 7) is 1.43. The number of Topliss-reactive ketones (excluding diaryl/α,β-unsaturated/α-hetero) is 1. The van der Waals surface area contributed by atoms with Crippen LogP contribution in [0, 0.1) is 10.1 Å². The van der Waals surface area contributed by atoms with Crippen LogP contribution < -0.4 is 5.32 Å². The van der Waals surface area contributed by atoms with Gasteiger partial charge in [-0.15, -0.1) is 11.3 Å². The molecule has 3 aromatic rings. The quantitative estimate of drug-likeness (QED) is 0.436. The highest BCUT2D eigenvalue weighted by Gasteiger charge is 2.15. The zero-order valence-corrected chi connectivity index (χ0v) is 13.4. The lowest BCUT2D eigenvalue weighted by Gasteiger charge is -2.07. The van der Waals surface area contributed by atoms with E-state index in [1.54, 1.807) is 36.4 Å². The molecule has 2 aromatic carbocycles. The van der Waals surface area contributed by atoms with Crippen LogP contribution in [0.4, 0.5) is 11.4 Å². The largest absolute Gasteiger partial charge is 0.321 e. The monoisotopic (exact) mass is 340 g/mol. The lowest BCUT2D eigenvalue weighted by atomic mass is 10.1. The predicted molar refractivity (Wildman–Crippen MR) is 92.9 cm³/mol. The van der Waals surface area contributed by atoms with Crippen LogP contribution in [-0.4, -0.2) is 16.6 Å². The second-order valence-electron chi connectivity index (χ2n) is 5.15. The van der Waals surface area contributed by atoms with Gasteiger partial charge in [0.2, 0.25) is 0 Å².